The number of rotatable bonds is 8. The Morgan fingerprint density at radius 2 is 1.95 bits per heavy atom. The highest BCUT2D eigenvalue weighted by Crippen LogP contribution is 2.23. The minimum atomic E-state index is -0.355. The summed E-state index contributed by atoms with van der Waals surface area (Å²) in [5, 5.41) is 0. The van der Waals surface area contributed by atoms with E-state index in [1.807, 2.05) is 18.2 Å². The van der Waals surface area contributed by atoms with Gasteiger partial charge in [0.05, 0.1) is 6.61 Å². The maximum atomic E-state index is 11.1. The predicted octanol–water partition coefficient (Wildman–Crippen LogP) is 3.19. The summed E-state index contributed by atoms with van der Waals surface area (Å²) in [6.07, 6.45) is 2.00. The quantitative estimate of drug-likeness (QED) is 0.531. The first-order valence-corrected chi connectivity index (χ1v) is 6.81. The molecule has 0 aliphatic rings. The summed E-state index contributed by atoms with van der Waals surface area (Å²) in [5.74, 6) is -0.355. The van der Waals surface area contributed by atoms with Gasteiger partial charge in [0.15, 0.2) is 0 Å². The highest BCUT2D eigenvalue weighted by Gasteiger charge is 2.17. The Morgan fingerprint density at radius 3 is 2.47 bits per heavy atom. The molecule has 1 unspecified atom stereocenters. The van der Waals surface area contributed by atoms with Gasteiger partial charge in [-0.25, -0.2) is 4.79 Å². The van der Waals surface area contributed by atoms with Crippen molar-refractivity contribution in [2.75, 3.05) is 19.7 Å². The zero-order valence-electron chi connectivity index (χ0n) is 11.8. The van der Waals surface area contributed by atoms with Gasteiger partial charge in [-0.05, 0) is 18.7 Å². The maximum absolute atomic E-state index is 11.1. The molecule has 0 fully saturated rings. The normalized spacial score (nSPS) is 12.2. The third-order valence-electron chi connectivity index (χ3n) is 3.24. The molecule has 1 atom stereocenters. The van der Waals surface area contributed by atoms with E-state index in [9.17, 15) is 4.79 Å². The number of hydrogen-bond donors (Lipinski definition) is 0. The van der Waals surface area contributed by atoms with Crippen molar-refractivity contribution in [3.05, 3.63) is 48.6 Å². The molecule has 3 nitrogen and oxygen atoms in total. The van der Waals surface area contributed by atoms with E-state index in [0.717, 1.165) is 19.5 Å². The summed E-state index contributed by atoms with van der Waals surface area (Å²) < 4.78 is 5.10. The molecule has 3 heteroatoms. The van der Waals surface area contributed by atoms with Gasteiger partial charge in [0.25, 0.3) is 0 Å². The molecule has 0 aliphatic heterocycles. The van der Waals surface area contributed by atoms with Crippen molar-refractivity contribution < 1.29 is 9.53 Å². The van der Waals surface area contributed by atoms with E-state index in [2.05, 4.69) is 37.5 Å². The third-order valence-corrected chi connectivity index (χ3v) is 3.24. The number of benzene rings is 1. The van der Waals surface area contributed by atoms with Crippen LogP contribution in [0.25, 0.3) is 0 Å². The summed E-state index contributed by atoms with van der Waals surface area (Å²) in [6, 6.07) is 10.6. The molecule has 19 heavy (non-hydrogen) atoms. The van der Waals surface area contributed by atoms with Crippen molar-refractivity contribution >= 4 is 5.97 Å². The van der Waals surface area contributed by atoms with Gasteiger partial charge in [0.2, 0.25) is 0 Å². The standard InChI is InChI=1S/C16H23NO2/c1-4-16(18)19-13-12-15(17(5-2)6-3)14-10-8-7-9-11-14/h4,7-11,15H,1,5-6,12-13H2,2-3H3. The highest BCUT2D eigenvalue weighted by molar-refractivity contribution is 5.81. The molecule has 0 heterocycles. The van der Waals surface area contributed by atoms with Crippen LogP contribution in [0.5, 0.6) is 0 Å². The van der Waals surface area contributed by atoms with Crippen LogP contribution >= 0.6 is 0 Å². The number of ether oxygens (including phenoxy) is 1. The molecule has 0 radical (unpaired) electrons. The second kappa shape index (κ2) is 8.48. The van der Waals surface area contributed by atoms with Crippen molar-refractivity contribution in [2.24, 2.45) is 0 Å². The molecular weight excluding hydrogens is 238 g/mol. The number of carbonyl (C=O) groups is 1. The minimum Gasteiger partial charge on any atom is -0.462 e. The van der Waals surface area contributed by atoms with Crippen LogP contribution in [0.3, 0.4) is 0 Å². The summed E-state index contributed by atoms with van der Waals surface area (Å²) in [7, 11) is 0. The van der Waals surface area contributed by atoms with Crippen LogP contribution in [0.1, 0.15) is 31.9 Å². The van der Waals surface area contributed by atoms with Gasteiger partial charge in [-0.1, -0.05) is 50.8 Å². The maximum Gasteiger partial charge on any atom is 0.330 e. The van der Waals surface area contributed by atoms with Crippen LogP contribution in [0, 0.1) is 0 Å². The summed E-state index contributed by atoms with van der Waals surface area (Å²) in [4.78, 5) is 13.5. The minimum absolute atomic E-state index is 0.286. The van der Waals surface area contributed by atoms with Gasteiger partial charge in [0, 0.05) is 18.5 Å². The van der Waals surface area contributed by atoms with E-state index in [1.54, 1.807) is 0 Å². The smallest absolute Gasteiger partial charge is 0.330 e. The van der Waals surface area contributed by atoms with Crippen LogP contribution in [0.4, 0.5) is 0 Å². The molecule has 0 saturated carbocycles. The van der Waals surface area contributed by atoms with Crippen molar-refractivity contribution in [2.45, 2.75) is 26.3 Å². The van der Waals surface area contributed by atoms with Gasteiger partial charge in [0.1, 0.15) is 0 Å². The van der Waals surface area contributed by atoms with Crippen molar-refractivity contribution in [3.8, 4) is 0 Å². The van der Waals surface area contributed by atoms with E-state index in [1.165, 1.54) is 11.6 Å². The molecular formula is C16H23NO2. The average molecular weight is 261 g/mol. The Labute approximate surface area is 115 Å². The fourth-order valence-electron chi connectivity index (χ4n) is 2.23. The van der Waals surface area contributed by atoms with E-state index >= 15 is 0 Å². The predicted molar refractivity (Wildman–Crippen MR) is 77.9 cm³/mol. The number of nitrogens with zero attached hydrogens (tertiary/aromatic N) is 1. The Bertz CT molecular complexity index is 385. The Balaban J connectivity index is 2.70. The van der Waals surface area contributed by atoms with Gasteiger partial charge in [-0.15, -0.1) is 0 Å². The SMILES string of the molecule is C=CC(=O)OCCC(c1ccccc1)N(CC)CC. The zero-order valence-corrected chi connectivity index (χ0v) is 11.8. The molecule has 0 N–H and O–H groups in total. The van der Waals surface area contributed by atoms with E-state index in [0.29, 0.717) is 6.61 Å². The Hall–Kier alpha value is -1.61. The van der Waals surface area contributed by atoms with Crippen LogP contribution in [0.2, 0.25) is 0 Å². The lowest BCUT2D eigenvalue weighted by atomic mass is 10.0. The first-order chi connectivity index (χ1) is 9.22. The molecule has 1 aromatic carbocycles. The summed E-state index contributed by atoms with van der Waals surface area (Å²) in [6.45, 7) is 10.1. The van der Waals surface area contributed by atoms with Crippen molar-refractivity contribution in [1.82, 2.24) is 4.90 Å². The lowest BCUT2D eigenvalue weighted by Crippen LogP contribution is -2.29. The first kappa shape index (κ1) is 15.4. The van der Waals surface area contributed by atoms with Crippen molar-refractivity contribution in [3.63, 3.8) is 0 Å². The Morgan fingerprint density at radius 1 is 1.32 bits per heavy atom. The van der Waals surface area contributed by atoms with Crippen LogP contribution in [-0.2, 0) is 9.53 Å². The Kier molecular flexibility index (Phi) is 6.90. The molecule has 0 bridgehead atoms. The molecule has 1 aromatic rings. The summed E-state index contributed by atoms with van der Waals surface area (Å²) in [5.41, 5.74) is 1.26. The lowest BCUT2D eigenvalue weighted by Gasteiger charge is -2.30. The number of esters is 1. The number of carbonyl (C=O) groups excluding carboxylic acids is 1. The third kappa shape index (κ3) is 4.87. The van der Waals surface area contributed by atoms with E-state index in [-0.39, 0.29) is 12.0 Å². The highest BCUT2D eigenvalue weighted by atomic mass is 16.5. The largest absolute Gasteiger partial charge is 0.462 e. The van der Waals surface area contributed by atoms with Crippen LogP contribution in [0.15, 0.2) is 43.0 Å². The second-order valence-corrected chi connectivity index (χ2v) is 4.31. The fraction of sp³-hybridized carbons (Fsp3) is 0.438. The van der Waals surface area contributed by atoms with Gasteiger partial charge in [-0.2, -0.15) is 0 Å². The molecule has 1 rings (SSSR count). The second-order valence-electron chi connectivity index (χ2n) is 4.31. The number of hydrogen-bond acceptors (Lipinski definition) is 3. The van der Waals surface area contributed by atoms with Gasteiger partial charge < -0.3 is 4.74 Å². The van der Waals surface area contributed by atoms with Gasteiger partial charge >= 0.3 is 5.97 Å². The summed E-state index contributed by atoms with van der Waals surface area (Å²) >= 11 is 0. The topological polar surface area (TPSA) is 29.5 Å². The molecule has 0 aliphatic carbocycles. The average Bonchev–Trinajstić information content (AvgIpc) is 2.47. The van der Waals surface area contributed by atoms with Gasteiger partial charge in [-0.3, -0.25) is 4.90 Å². The van der Waals surface area contributed by atoms with Crippen molar-refractivity contribution in [1.29, 1.82) is 0 Å². The first-order valence-electron chi connectivity index (χ1n) is 6.81. The molecule has 0 amide bonds. The van der Waals surface area contributed by atoms with E-state index < -0.39 is 0 Å². The molecule has 104 valence electrons. The monoisotopic (exact) mass is 261 g/mol. The molecule has 0 aromatic heterocycles. The van der Waals surface area contributed by atoms with E-state index in [4.69, 9.17) is 4.74 Å². The fourth-order valence-corrected chi connectivity index (χ4v) is 2.23. The van der Waals surface area contributed by atoms with Crippen LogP contribution in [-0.4, -0.2) is 30.6 Å². The lowest BCUT2D eigenvalue weighted by molar-refractivity contribution is -0.138. The molecule has 0 saturated heterocycles. The molecule has 0 spiro atoms. The van der Waals surface area contributed by atoms with Crippen LogP contribution < -0.4 is 0 Å². The zero-order chi connectivity index (χ0) is 14.1.